The van der Waals surface area contributed by atoms with Crippen molar-refractivity contribution < 1.29 is 13.6 Å². The van der Waals surface area contributed by atoms with Gasteiger partial charge in [-0.15, -0.1) is 0 Å². The highest BCUT2D eigenvalue weighted by Crippen LogP contribution is 2.22. The predicted molar refractivity (Wildman–Crippen MR) is 114 cm³/mol. The molecule has 1 aromatic heterocycles. The van der Waals surface area contributed by atoms with Crippen molar-refractivity contribution in [3.05, 3.63) is 70.8 Å². The molecule has 0 fully saturated rings. The topological polar surface area (TPSA) is 82.2 Å². The normalized spacial score (nSPS) is 11.6. The summed E-state index contributed by atoms with van der Waals surface area (Å²) >= 11 is 5.86. The molecule has 3 rings (SSSR count). The van der Waals surface area contributed by atoms with E-state index >= 15 is 0 Å². The molecule has 0 saturated carbocycles. The van der Waals surface area contributed by atoms with Gasteiger partial charge in [-0.3, -0.25) is 20.2 Å². The Balaban J connectivity index is 1.78. The number of nitrogens with zero attached hydrogens (tertiary/aromatic N) is 2. The molecule has 1 amide bonds. The lowest BCUT2D eigenvalue weighted by Crippen LogP contribution is -2.36. The van der Waals surface area contributed by atoms with E-state index in [1.165, 1.54) is 12.1 Å². The molecule has 0 aliphatic rings. The minimum absolute atomic E-state index is 0.201. The maximum atomic E-state index is 13.5. The van der Waals surface area contributed by atoms with Crippen molar-refractivity contribution in [2.75, 3.05) is 11.9 Å². The van der Waals surface area contributed by atoms with Crippen molar-refractivity contribution in [3.8, 4) is 11.3 Å². The van der Waals surface area contributed by atoms with Gasteiger partial charge in [0.1, 0.15) is 11.6 Å². The molecule has 0 aliphatic carbocycles. The van der Waals surface area contributed by atoms with Crippen LogP contribution < -0.4 is 10.6 Å². The molecule has 0 atom stereocenters. The molecule has 2 aromatic carbocycles. The van der Waals surface area contributed by atoms with Gasteiger partial charge in [-0.2, -0.15) is 5.10 Å². The van der Waals surface area contributed by atoms with Crippen molar-refractivity contribution in [1.82, 2.24) is 15.5 Å². The van der Waals surface area contributed by atoms with Crippen molar-refractivity contribution in [2.45, 2.75) is 13.8 Å². The van der Waals surface area contributed by atoms with E-state index in [0.717, 1.165) is 6.07 Å². The van der Waals surface area contributed by atoms with Crippen LogP contribution in [0.4, 0.5) is 14.6 Å². The van der Waals surface area contributed by atoms with Crippen LogP contribution in [0.15, 0.2) is 53.5 Å². The van der Waals surface area contributed by atoms with Gasteiger partial charge in [0.05, 0.1) is 5.69 Å². The number of rotatable bonds is 5. The first-order valence-corrected chi connectivity index (χ1v) is 9.58. The smallest absolute Gasteiger partial charge is 0.257 e. The molecule has 6 nitrogen and oxygen atoms in total. The molecule has 0 bridgehead atoms. The molecule has 0 unspecified atom stereocenters. The molecule has 30 heavy (non-hydrogen) atoms. The Morgan fingerprint density at radius 2 is 1.80 bits per heavy atom. The average molecular weight is 432 g/mol. The standard InChI is InChI=1S/C21H20ClF2N5O/c1-12(2)11-25-21(27-20(30)13-3-5-15(22)6-4-13)26-19-10-18(28-29-19)14-7-16(23)9-17(24)8-14/h3-10,12H,11H2,1-2H3,(H3,25,26,27,28,29,30). The number of benzene rings is 2. The van der Waals surface area contributed by atoms with E-state index in [-0.39, 0.29) is 17.8 Å². The van der Waals surface area contributed by atoms with Gasteiger partial charge in [0.25, 0.3) is 5.91 Å². The van der Waals surface area contributed by atoms with E-state index in [4.69, 9.17) is 11.6 Å². The van der Waals surface area contributed by atoms with Crippen LogP contribution in [0.5, 0.6) is 0 Å². The lowest BCUT2D eigenvalue weighted by molar-refractivity contribution is 0.0977. The van der Waals surface area contributed by atoms with Crippen LogP contribution in [-0.2, 0) is 0 Å². The number of guanidine groups is 1. The molecule has 0 spiro atoms. The van der Waals surface area contributed by atoms with Gasteiger partial charge < -0.3 is 5.32 Å². The third-order valence-corrected chi connectivity index (χ3v) is 4.20. The predicted octanol–water partition coefficient (Wildman–Crippen LogP) is 4.86. The number of halogens is 3. The molecule has 156 valence electrons. The van der Waals surface area contributed by atoms with Crippen LogP contribution in [0.1, 0.15) is 24.2 Å². The summed E-state index contributed by atoms with van der Waals surface area (Å²) in [7, 11) is 0. The molecular weight excluding hydrogens is 412 g/mol. The SMILES string of the molecule is CC(C)CN=C(NC(=O)c1ccc(Cl)cc1)Nc1cc(-c2cc(F)cc(F)c2)[nH]n1. The highest BCUT2D eigenvalue weighted by atomic mass is 35.5. The van der Waals surface area contributed by atoms with Gasteiger partial charge in [0.15, 0.2) is 5.82 Å². The lowest BCUT2D eigenvalue weighted by atomic mass is 10.1. The number of carbonyl (C=O) groups excluding carboxylic acids is 1. The van der Waals surface area contributed by atoms with Gasteiger partial charge in [-0.05, 0) is 42.3 Å². The minimum atomic E-state index is -0.691. The van der Waals surface area contributed by atoms with Crippen LogP contribution in [0, 0.1) is 17.6 Å². The fourth-order valence-electron chi connectivity index (χ4n) is 2.53. The Morgan fingerprint density at radius 3 is 2.43 bits per heavy atom. The van der Waals surface area contributed by atoms with Crippen LogP contribution in [0.3, 0.4) is 0 Å². The van der Waals surface area contributed by atoms with Crippen molar-refractivity contribution in [2.24, 2.45) is 10.9 Å². The van der Waals surface area contributed by atoms with E-state index in [1.54, 1.807) is 30.3 Å². The summed E-state index contributed by atoms with van der Waals surface area (Å²) in [6.45, 7) is 4.45. The Kier molecular flexibility index (Phi) is 6.79. The fourth-order valence-corrected chi connectivity index (χ4v) is 2.66. The molecule has 3 N–H and O–H groups in total. The molecule has 0 radical (unpaired) electrons. The zero-order chi connectivity index (χ0) is 21.7. The zero-order valence-electron chi connectivity index (χ0n) is 16.3. The first kappa shape index (κ1) is 21.4. The van der Waals surface area contributed by atoms with Gasteiger partial charge in [0, 0.05) is 34.8 Å². The second-order valence-electron chi connectivity index (χ2n) is 6.99. The monoisotopic (exact) mass is 431 g/mol. The lowest BCUT2D eigenvalue weighted by Gasteiger charge is -2.11. The van der Waals surface area contributed by atoms with Crippen LogP contribution >= 0.6 is 11.6 Å². The first-order chi connectivity index (χ1) is 14.3. The summed E-state index contributed by atoms with van der Waals surface area (Å²) in [4.78, 5) is 16.9. The number of hydrogen-bond acceptors (Lipinski definition) is 3. The Morgan fingerprint density at radius 1 is 1.13 bits per heavy atom. The quantitative estimate of drug-likeness (QED) is 0.398. The number of hydrogen-bond donors (Lipinski definition) is 3. The number of amides is 1. The van der Waals surface area contributed by atoms with Gasteiger partial charge in [0.2, 0.25) is 5.96 Å². The highest BCUT2D eigenvalue weighted by Gasteiger charge is 2.12. The highest BCUT2D eigenvalue weighted by molar-refractivity contribution is 6.30. The fraction of sp³-hybridized carbons (Fsp3) is 0.190. The van der Waals surface area contributed by atoms with Crippen molar-refractivity contribution in [1.29, 1.82) is 0 Å². The Labute approximate surface area is 177 Å². The van der Waals surface area contributed by atoms with Crippen molar-refractivity contribution in [3.63, 3.8) is 0 Å². The number of aromatic amines is 1. The van der Waals surface area contributed by atoms with E-state index in [9.17, 15) is 13.6 Å². The first-order valence-electron chi connectivity index (χ1n) is 9.20. The summed E-state index contributed by atoms with van der Waals surface area (Å²) in [5.41, 5.74) is 1.12. The molecular formula is C21H20ClF2N5O. The summed E-state index contributed by atoms with van der Waals surface area (Å²) in [5, 5.41) is 12.9. The minimum Gasteiger partial charge on any atom is -0.309 e. The second-order valence-corrected chi connectivity index (χ2v) is 7.43. The largest absolute Gasteiger partial charge is 0.309 e. The van der Waals surface area contributed by atoms with Crippen LogP contribution in [0.2, 0.25) is 5.02 Å². The van der Waals surface area contributed by atoms with Crippen LogP contribution in [0.25, 0.3) is 11.3 Å². The van der Waals surface area contributed by atoms with E-state index in [1.807, 2.05) is 13.8 Å². The van der Waals surface area contributed by atoms with E-state index < -0.39 is 11.6 Å². The maximum absolute atomic E-state index is 13.5. The Bertz CT molecular complexity index is 1040. The molecule has 3 aromatic rings. The molecule has 9 heteroatoms. The van der Waals surface area contributed by atoms with E-state index in [2.05, 4.69) is 25.8 Å². The van der Waals surface area contributed by atoms with Crippen molar-refractivity contribution >= 4 is 29.3 Å². The number of aromatic nitrogens is 2. The summed E-state index contributed by atoms with van der Waals surface area (Å²) in [6.07, 6.45) is 0. The summed E-state index contributed by atoms with van der Waals surface area (Å²) in [5.74, 6) is -0.961. The van der Waals surface area contributed by atoms with Gasteiger partial charge in [-0.1, -0.05) is 25.4 Å². The van der Waals surface area contributed by atoms with E-state index in [0.29, 0.717) is 34.2 Å². The zero-order valence-corrected chi connectivity index (χ0v) is 17.1. The summed E-state index contributed by atoms with van der Waals surface area (Å²) < 4.78 is 26.9. The number of anilines is 1. The number of carbonyl (C=O) groups is 1. The Hall–Kier alpha value is -3.26. The third kappa shape index (κ3) is 5.87. The number of nitrogens with one attached hydrogen (secondary N) is 3. The average Bonchev–Trinajstić information content (AvgIpc) is 3.14. The molecule has 0 aliphatic heterocycles. The second kappa shape index (κ2) is 9.49. The maximum Gasteiger partial charge on any atom is 0.257 e. The molecule has 0 saturated heterocycles. The molecule has 1 heterocycles. The van der Waals surface area contributed by atoms with Gasteiger partial charge >= 0.3 is 0 Å². The van der Waals surface area contributed by atoms with Gasteiger partial charge in [-0.25, -0.2) is 8.78 Å². The summed E-state index contributed by atoms with van der Waals surface area (Å²) in [6, 6.07) is 11.2. The number of aliphatic imine (C=N–C) groups is 1. The van der Waals surface area contributed by atoms with Crippen LogP contribution in [-0.4, -0.2) is 28.6 Å². The third-order valence-electron chi connectivity index (χ3n) is 3.95. The number of H-pyrrole nitrogens is 1.